The second kappa shape index (κ2) is 6.86. The van der Waals surface area contributed by atoms with E-state index in [0.717, 1.165) is 0 Å². The lowest BCUT2D eigenvalue weighted by Crippen LogP contribution is -2.45. The molecule has 0 radical (unpaired) electrons. The summed E-state index contributed by atoms with van der Waals surface area (Å²) in [6, 6.07) is 4.06. The number of carbonyl (C=O) groups excluding carboxylic acids is 1. The van der Waals surface area contributed by atoms with Crippen molar-refractivity contribution in [1.82, 2.24) is 4.72 Å². The zero-order valence-electron chi connectivity index (χ0n) is 11.0. The highest BCUT2D eigenvalue weighted by Crippen LogP contribution is 2.19. The Morgan fingerprint density at radius 3 is 2.35 bits per heavy atom. The number of sulfonamides is 1. The Morgan fingerprint density at radius 2 is 1.90 bits per heavy atom. The van der Waals surface area contributed by atoms with Gasteiger partial charge in [0.25, 0.3) is 0 Å². The van der Waals surface area contributed by atoms with Crippen LogP contribution in [0.4, 0.5) is 0 Å². The standard InChI is InChI=1S/C11H16BrN3O3S.ClH/c1-11(2,14)6-15-19(17,18)9-4-7(10(13)16)3-8(12)5-9;/h3-5,15H,6,14H2,1-2H3,(H2,13,16);1H. The van der Waals surface area contributed by atoms with Crippen molar-refractivity contribution in [1.29, 1.82) is 0 Å². The lowest BCUT2D eigenvalue weighted by atomic mass is 10.1. The molecule has 6 nitrogen and oxygen atoms in total. The normalized spacial score (nSPS) is 11.8. The molecule has 0 aliphatic rings. The summed E-state index contributed by atoms with van der Waals surface area (Å²) >= 11 is 3.14. The minimum atomic E-state index is -3.74. The molecule has 1 rings (SSSR count). The summed E-state index contributed by atoms with van der Waals surface area (Å²) in [4.78, 5) is 11.1. The average molecular weight is 387 g/mol. The van der Waals surface area contributed by atoms with Gasteiger partial charge < -0.3 is 11.5 Å². The van der Waals surface area contributed by atoms with Crippen molar-refractivity contribution in [3.8, 4) is 0 Å². The van der Waals surface area contributed by atoms with E-state index in [4.69, 9.17) is 11.5 Å². The Balaban J connectivity index is 0.00000361. The first-order valence-electron chi connectivity index (χ1n) is 5.40. The summed E-state index contributed by atoms with van der Waals surface area (Å²) in [5.41, 5.74) is 10.3. The quantitative estimate of drug-likeness (QED) is 0.699. The fourth-order valence-electron chi connectivity index (χ4n) is 1.22. The molecule has 0 bridgehead atoms. The van der Waals surface area contributed by atoms with Crippen molar-refractivity contribution in [2.45, 2.75) is 24.3 Å². The van der Waals surface area contributed by atoms with Crippen LogP contribution in [0.5, 0.6) is 0 Å². The number of carbonyl (C=O) groups is 1. The van der Waals surface area contributed by atoms with Gasteiger partial charge in [0.15, 0.2) is 0 Å². The summed E-state index contributed by atoms with van der Waals surface area (Å²) < 4.78 is 27.0. The third-order valence-electron chi connectivity index (χ3n) is 2.18. The number of rotatable bonds is 5. The minimum Gasteiger partial charge on any atom is -0.366 e. The highest BCUT2D eigenvalue weighted by molar-refractivity contribution is 9.10. The Morgan fingerprint density at radius 1 is 1.35 bits per heavy atom. The van der Waals surface area contributed by atoms with Crippen LogP contribution in [0.1, 0.15) is 24.2 Å². The van der Waals surface area contributed by atoms with Gasteiger partial charge >= 0.3 is 0 Å². The number of amides is 1. The molecule has 0 aliphatic carbocycles. The number of benzene rings is 1. The molecule has 0 unspecified atom stereocenters. The molecule has 0 fully saturated rings. The van der Waals surface area contributed by atoms with Crippen LogP contribution in [0.2, 0.25) is 0 Å². The van der Waals surface area contributed by atoms with Gasteiger partial charge in [-0.05, 0) is 32.0 Å². The monoisotopic (exact) mass is 385 g/mol. The van der Waals surface area contributed by atoms with Crippen LogP contribution in [0.25, 0.3) is 0 Å². The van der Waals surface area contributed by atoms with E-state index in [1.807, 2.05) is 0 Å². The van der Waals surface area contributed by atoms with Crippen molar-refractivity contribution in [3.05, 3.63) is 28.2 Å². The molecule has 1 aromatic rings. The van der Waals surface area contributed by atoms with Crippen LogP contribution in [-0.4, -0.2) is 26.4 Å². The molecule has 0 spiro atoms. The second-order valence-electron chi connectivity index (χ2n) is 4.85. The summed E-state index contributed by atoms with van der Waals surface area (Å²) in [7, 11) is -3.74. The third kappa shape index (κ3) is 5.76. The van der Waals surface area contributed by atoms with Gasteiger partial charge in [-0.2, -0.15) is 0 Å². The smallest absolute Gasteiger partial charge is 0.248 e. The molecule has 5 N–H and O–H groups in total. The molecular formula is C11H17BrClN3O3S. The van der Waals surface area contributed by atoms with Gasteiger partial charge in [0, 0.05) is 22.1 Å². The van der Waals surface area contributed by atoms with Crippen molar-refractivity contribution in [2.24, 2.45) is 11.5 Å². The first-order chi connectivity index (χ1) is 8.51. The van der Waals surface area contributed by atoms with Crippen LogP contribution in [0.15, 0.2) is 27.6 Å². The summed E-state index contributed by atoms with van der Waals surface area (Å²) in [5.74, 6) is -0.697. The van der Waals surface area contributed by atoms with Crippen molar-refractivity contribution >= 4 is 44.3 Å². The Kier molecular flexibility index (Phi) is 6.63. The van der Waals surface area contributed by atoms with E-state index in [-0.39, 0.29) is 29.4 Å². The van der Waals surface area contributed by atoms with E-state index >= 15 is 0 Å². The van der Waals surface area contributed by atoms with E-state index in [1.54, 1.807) is 13.8 Å². The van der Waals surface area contributed by atoms with Crippen molar-refractivity contribution < 1.29 is 13.2 Å². The molecule has 1 amide bonds. The highest BCUT2D eigenvalue weighted by Gasteiger charge is 2.20. The second-order valence-corrected chi connectivity index (χ2v) is 7.54. The van der Waals surface area contributed by atoms with Crippen LogP contribution in [0.3, 0.4) is 0 Å². The molecule has 0 heterocycles. The van der Waals surface area contributed by atoms with E-state index in [0.29, 0.717) is 4.47 Å². The average Bonchev–Trinajstić information content (AvgIpc) is 2.25. The Hall–Kier alpha value is -0.670. The molecule has 9 heteroatoms. The highest BCUT2D eigenvalue weighted by atomic mass is 79.9. The molecule has 0 saturated heterocycles. The van der Waals surface area contributed by atoms with Crippen LogP contribution in [0, 0.1) is 0 Å². The fourth-order valence-corrected chi connectivity index (χ4v) is 3.16. The van der Waals surface area contributed by atoms with Gasteiger partial charge in [-0.1, -0.05) is 15.9 Å². The summed E-state index contributed by atoms with van der Waals surface area (Å²) in [6.45, 7) is 3.48. The van der Waals surface area contributed by atoms with Crippen LogP contribution in [-0.2, 0) is 10.0 Å². The largest absolute Gasteiger partial charge is 0.366 e. The maximum absolute atomic E-state index is 12.1. The van der Waals surface area contributed by atoms with E-state index < -0.39 is 21.5 Å². The predicted molar refractivity (Wildman–Crippen MR) is 83.4 cm³/mol. The van der Waals surface area contributed by atoms with Gasteiger partial charge in [-0.3, -0.25) is 4.79 Å². The zero-order chi connectivity index (χ0) is 14.8. The topological polar surface area (TPSA) is 115 Å². The third-order valence-corrected chi connectivity index (χ3v) is 4.02. The van der Waals surface area contributed by atoms with Gasteiger partial charge in [0.2, 0.25) is 15.9 Å². The van der Waals surface area contributed by atoms with Crippen LogP contribution < -0.4 is 16.2 Å². The number of nitrogens with one attached hydrogen (secondary N) is 1. The predicted octanol–water partition coefficient (Wildman–Crippen LogP) is 0.985. The summed E-state index contributed by atoms with van der Waals surface area (Å²) in [5, 5.41) is 0. The molecule has 0 aromatic heterocycles. The molecule has 20 heavy (non-hydrogen) atoms. The van der Waals surface area contributed by atoms with E-state index in [1.165, 1.54) is 18.2 Å². The molecule has 0 aliphatic heterocycles. The Bertz CT molecular complexity index is 599. The number of primary amides is 1. The van der Waals surface area contributed by atoms with Crippen molar-refractivity contribution in [3.63, 3.8) is 0 Å². The van der Waals surface area contributed by atoms with E-state index in [2.05, 4.69) is 20.7 Å². The minimum absolute atomic E-state index is 0. The van der Waals surface area contributed by atoms with Crippen molar-refractivity contribution in [2.75, 3.05) is 6.54 Å². The van der Waals surface area contributed by atoms with E-state index in [9.17, 15) is 13.2 Å². The number of hydrogen-bond acceptors (Lipinski definition) is 4. The maximum Gasteiger partial charge on any atom is 0.248 e. The first-order valence-corrected chi connectivity index (χ1v) is 7.68. The molecule has 0 saturated carbocycles. The number of halogens is 2. The maximum atomic E-state index is 12.1. The molecule has 0 atom stereocenters. The summed E-state index contributed by atoms with van der Waals surface area (Å²) in [6.07, 6.45) is 0. The SMILES string of the molecule is CC(C)(N)CNS(=O)(=O)c1cc(Br)cc(C(N)=O)c1.Cl. The number of hydrogen-bond donors (Lipinski definition) is 3. The first kappa shape index (κ1) is 19.3. The van der Waals surface area contributed by atoms with Gasteiger partial charge in [0.05, 0.1) is 4.90 Å². The van der Waals surface area contributed by atoms with Gasteiger partial charge in [-0.15, -0.1) is 12.4 Å². The lowest BCUT2D eigenvalue weighted by molar-refractivity contribution is 0.1000. The van der Waals surface area contributed by atoms with Gasteiger partial charge in [0.1, 0.15) is 0 Å². The van der Waals surface area contributed by atoms with Crippen LogP contribution >= 0.6 is 28.3 Å². The molecule has 114 valence electrons. The zero-order valence-corrected chi connectivity index (χ0v) is 14.2. The molecule has 1 aromatic carbocycles. The number of nitrogens with two attached hydrogens (primary N) is 2. The Labute approximate surface area is 132 Å². The fraction of sp³-hybridized carbons (Fsp3) is 0.364. The van der Waals surface area contributed by atoms with Gasteiger partial charge in [-0.25, -0.2) is 13.1 Å². The molecular weight excluding hydrogens is 370 g/mol. The lowest BCUT2D eigenvalue weighted by Gasteiger charge is -2.19.